The highest BCUT2D eigenvalue weighted by Crippen LogP contribution is 2.31. The Morgan fingerprint density at radius 3 is 2.46 bits per heavy atom. The molecule has 0 atom stereocenters. The van der Waals surface area contributed by atoms with E-state index in [-0.39, 0.29) is 11.7 Å². The maximum atomic E-state index is 12.4. The molecule has 2 heterocycles. The van der Waals surface area contributed by atoms with Gasteiger partial charge in [-0.3, -0.25) is 4.79 Å². The zero-order valence-electron chi connectivity index (χ0n) is 12.5. The molecule has 1 fully saturated rings. The lowest BCUT2D eigenvalue weighted by atomic mass is 9.83. The molecule has 9 heteroatoms. The Kier molecular flexibility index (Phi) is 3.55. The van der Waals surface area contributed by atoms with E-state index in [9.17, 15) is 18.0 Å². The Morgan fingerprint density at radius 1 is 1.33 bits per heavy atom. The molecule has 1 aromatic carbocycles. The fraction of sp³-hybridized carbons (Fsp3) is 0.333. The monoisotopic (exact) mass is 336 g/mol. The Balaban J connectivity index is 1.73. The quantitative estimate of drug-likeness (QED) is 0.842. The molecule has 1 saturated heterocycles. The summed E-state index contributed by atoms with van der Waals surface area (Å²) in [6.45, 7) is 2.47. The molecule has 1 aliphatic heterocycles. The Labute approximate surface area is 134 Å². The number of carbonyl (C=O) groups is 1. The SMILES string of the molecule is CC1(C#N)CN(C(=O)c2ccc(-c3noc(C(F)(F)F)n3)cc2)C1. The second-order valence-corrected chi connectivity index (χ2v) is 5.83. The minimum Gasteiger partial charge on any atom is -0.335 e. The van der Waals surface area contributed by atoms with E-state index in [1.807, 2.05) is 0 Å². The zero-order valence-corrected chi connectivity index (χ0v) is 12.5. The summed E-state index contributed by atoms with van der Waals surface area (Å²) in [6, 6.07) is 7.99. The maximum absolute atomic E-state index is 12.4. The summed E-state index contributed by atoms with van der Waals surface area (Å²) >= 11 is 0. The molecule has 3 rings (SSSR count). The van der Waals surface area contributed by atoms with Crippen molar-refractivity contribution in [1.29, 1.82) is 5.26 Å². The number of benzene rings is 1. The summed E-state index contributed by atoms with van der Waals surface area (Å²) < 4.78 is 41.5. The highest BCUT2D eigenvalue weighted by Gasteiger charge is 2.42. The molecule has 0 N–H and O–H groups in total. The van der Waals surface area contributed by atoms with Crippen LogP contribution >= 0.6 is 0 Å². The van der Waals surface area contributed by atoms with Crippen LogP contribution in [0.25, 0.3) is 11.4 Å². The predicted octanol–water partition coefficient (Wildman–Crippen LogP) is 2.74. The molecule has 1 aromatic heterocycles. The molecule has 124 valence electrons. The van der Waals surface area contributed by atoms with Gasteiger partial charge in [-0.05, 0) is 19.1 Å². The lowest BCUT2D eigenvalue weighted by Gasteiger charge is -2.43. The largest absolute Gasteiger partial charge is 0.471 e. The average Bonchev–Trinajstić information content (AvgIpc) is 3.01. The summed E-state index contributed by atoms with van der Waals surface area (Å²) in [5, 5.41) is 12.2. The molecular weight excluding hydrogens is 325 g/mol. The number of amides is 1. The number of hydrogen-bond acceptors (Lipinski definition) is 5. The molecule has 1 aliphatic rings. The number of rotatable bonds is 2. The van der Waals surface area contributed by atoms with E-state index in [0.29, 0.717) is 24.2 Å². The molecule has 0 spiro atoms. The van der Waals surface area contributed by atoms with Crippen LogP contribution in [0.3, 0.4) is 0 Å². The van der Waals surface area contributed by atoms with Crippen LogP contribution in [0.1, 0.15) is 23.2 Å². The highest BCUT2D eigenvalue weighted by atomic mass is 19.4. The van der Waals surface area contributed by atoms with Crippen molar-refractivity contribution in [3.63, 3.8) is 0 Å². The summed E-state index contributed by atoms with van der Waals surface area (Å²) in [4.78, 5) is 17.1. The first-order valence-electron chi connectivity index (χ1n) is 6.94. The second-order valence-electron chi connectivity index (χ2n) is 5.83. The normalized spacial score (nSPS) is 16.4. The van der Waals surface area contributed by atoms with Gasteiger partial charge in [0.15, 0.2) is 0 Å². The Morgan fingerprint density at radius 2 is 1.96 bits per heavy atom. The number of carbonyl (C=O) groups excluding carboxylic acids is 1. The van der Waals surface area contributed by atoms with Crippen LogP contribution in [0.2, 0.25) is 0 Å². The van der Waals surface area contributed by atoms with Gasteiger partial charge >= 0.3 is 12.1 Å². The van der Waals surface area contributed by atoms with E-state index in [1.165, 1.54) is 29.2 Å². The molecule has 2 aromatic rings. The third kappa shape index (κ3) is 2.82. The number of likely N-dealkylation sites (tertiary alicyclic amines) is 1. The molecule has 24 heavy (non-hydrogen) atoms. The smallest absolute Gasteiger partial charge is 0.335 e. The minimum absolute atomic E-state index is 0.206. The number of hydrogen-bond donors (Lipinski definition) is 0. The fourth-order valence-electron chi connectivity index (χ4n) is 2.41. The van der Waals surface area contributed by atoms with Crippen molar-refractivity contribution in [2.45, 2.75) is 13.1 Å². The first-order valence-corrected chi connectivity index (χ1v) is 6.94. The minimum atomic E-state index is -4.70. The van der Waals surface area contributed by atoms with Crippen molar-refractivity contribution in [3.05, 3.63) is 35.7 Å². The van der Waals surface area contributed by atoms with Gasteiger partial charge in [0.1, 0.15) is 0 Å². The molecular formula is C15H11F3N4O2. The first-order chi connectivity index (χ1) is 11.2. The van der Waals surface area contributed by atoms with Gasteiger partial charge in [0.05, 0.1) is 11.5 Å². The van der Waals surface area contributed by atoms with Gasteiger partial charge in [-0.15, -0.1) is 0 Å². The molecule has 6 nitrogen and oxygen atoms in total. The molecule has 0 saturated carbocycles. The van der Waals surface area contributed by atoms with Crippen molar-refractivity contribution in [2.75, 3.05) is 13.1 Å². The number of nitrogens with zero attached hydrogens (tertiary/aromatic N) is 4. The summed E-state index contributed by atoms with van der Waals surface area (Å²) in [7, 11) is 0. The Hall–Kier alpha value is -2.89. The Bertz CT molecular complexity index is 814. The van der Waals surface area contributed by atoms with Crippen LogP contribution in [0.4, 0.5) is 13.2 Å². The van der Waals surface area contributed by atoms with Crippen molar-refractivity contribution in [1.82, 2.24) is 15.0 Å². The van der Waals surface area contributed by atoms with Crippen molar-refractivity contribution >= 4 is 5.91 Å². The van der Waals surface area contributed by atoms with E-state index in [2.05, 4.69) is 20.7 Å². The van der Waals surface area contributed by atoms with Crippen LogP contribution in [0.15, 0.2) is 28.8 Å². The topological polar surface area (TPSA) is 83.0 Å². The van der Waals surface area contributed by atoms with Crippen LogP contribution in [-0.4, -0.2) is 34.0 Å². The molecule has 0 unspecified atom stereocenters. The van der Waals surface area contributed by atoms with Crippen LogP contribution in [0, 0.1) is 16.7 Å². The molecule has 0 aliphatic carbocycles. The number of aromatic nitrogens is 2. The average molecular weight is 336 g/mol. The first kappa shape index (κ1) is 16.0. The van der Waals surface area contributed by atoms with Gasteiger partial charge in [-0.25, -0.2) is 0 Å². The van der Waals surface area contributed by atoms with Crippen molar-refractivity contribution in [2.24, 2.45) is 5.41 Å². The van der Waals surface area contributed by atoms with Crippen molar-refractivity contribution < 1.29 is 22.5 Å². The number of alkyl halides is 3. The van der Waals surface area contributed by atoms with E-state index in [4.69, 9.17) is 5.26 Å². The van der Waals surface area contributed by atoms with Crippen LogP contribution < -0.4 is 0 Å². The predicted molar refractivity (Wildman–Crippen MR) is 74.4 cm³/mol. The van der Waals surface area contributed by atoms with Crippen molar-refractivity contribution in [3.8, 4) is 17.5 Å². The molecule has 0 radical (unpaired) electrons. The van der Waals surface area contributed by atoms with E-state index in [0.717, 1.165) is 0 Å². The van der Waals surface area contributed by atoms with Crippen LogP contribution in [0.5, 0.6) is 0 Å². The lowest BCUT2D eigenvalue weighted by Crippen LogP contribution is -2.56. The van der Waals surface area contributed by atoms with E-state index < -0.39 is 17.5 Å². The molecule has 0 bridgehead atoms. The van der Waals surface area contributed by atoms with E-state index in [1.54, 1.807) is 6.92 Å². The highest BCUT2D eigenvalue weighted by molar-refractivity contribution is 5.95. The van der Waals surface area contributed by atoms with Gasteiger partial charge in [0, 0.05) is 24.2 Å². The standard InChI is InChI=1S/C15H11F3N4O2/c1-14(6-19)7-22(8-14)12(23)10-4-2-9(3-5-10)11-20-13(24-21-11)15(16,17)18/h2-5H,7-8H2,1H3. The summed E-state index contributed by atoms with van der Waals surface area (Å²) in [6.07, 6.45) is -4.70. The van der Waals surface area contributed by atoms with Crippen LogP contribution in [-0.2, 0) is 6.18 Å². The summed E-state index contributed by atoms with van der Waals surface area (Å²) in [5.74, 6) is -1.87. The maximum Gasteiger partial charge on any atom is 0.471 e. The number of nitriles is 1. The van der Waals surface area contributed by atoms with Gasteiger partial charge in [0.25, 0.3) is 5.91 Å². The van der Waals surface area contributed by atoms with Gasteiger partial charge < -0.3 is 9.42 Å². The third-order valence-electron chi connectivity index (χ3n) is 3.70. The lowest BCUT2D eigenvalue weighted by molar-refractivity contribution is -0.159. The zero-order chi connectivity index (χ0) is 17.5. The fourth-order valence-corrected chi connectivity index (χ4v) is 2.41. The second kappa shape index (κ2) is 5.33. The van der Waals surface area contributed by atoms with Gasteiger partial charge in [-0.2, -0.15) is 23.4 Å². The number of halogens is 3. The van der Waals surface area contributed by atoms with Gasteiger partial charge in [-0.1, -0.05) is 17.3 Å². The van der Waals surface area contributed by atoms with E-state index >= 15 is 0 Å². The summed E-state index contributed by atoms with van der Waals surface area (Å²) in [5.41, 5.74) is 0.156. The molecule has 1 amide bonds. The third-order valence-corrected chi connectivity index (χ3v) is 3.70. The van der Waals surface area contributed by atoms with Gasteiger partial charge in [0.2, 0.25) is 5.82 Å².